The zero-order valence-corrected chi connectivity index (χ0v) is 12.4. The van der Waals surface area contributed by atoms with Gasteiger partial charge in [0.05, 0.1) is 12.6 Å². The number of aliphatic hydroxyl groups excluding tert-OH is 1. The van der Waals surface area contributed by atoms with E-state index in [0.717, 1.165) is 17.5 Å². The Bertz CT molecular complexity index is 766. The quantitative estimate of drug-likeness (QED) is 0.903. The molecule has 2 heterocycles. The fraction of sp³-hybridized carbons (Fsp3) is 0.294. The van der Waals surface area contributed by atoms with Crippen LogP contribution in [-0.2, 0) is 13.5 Å². The van der Waals surface area contributed by atoms with Crippen LogP contribution in [0.3, 0.4) is 0 Å². The van der Waals surface area contributed by atoms with E-state index in [4.69, 9.17) is 0 Å². The molecule has 0 bridgehead atoms. The molecule has 1 amide bonds. The zero-order valence-electron chi connectivity index (χ0n) is 12.4. The van der Waals surface area contributed by atoms with Crippen molar-refractivity contribution in [2.45, 2.75) is 12.5 Å². The molecule has 0 saturated heterocycles. The van der Waals surface area contributed by atoms with Crippen molar-refractivity contribution in [1.82, 2.24) is 9.47 Å². The van der Waals surface area contributed by atoms with Crippen LogP contribution in [0, 0.1) is 0 Å². The minimum absolute atomic E-state index is 0.131. The molecule has 0 fully saturated rings. The van der Waals surface area contributed by atoms with Gasteiger partial charge in [0.25, 0.3) is 11.5 Å². The number of aryl methyl sites for hydroxylation is 1. The second-order valence-corrected chi connectivity index (χ2v) is 5.51. The van der Waals surface area contributed by atoms with E-state index in [2.05, 4.69) is 0 Å². The van der Waals surface area contributed by atoms with Crippen molar-refractivity contribution in [3.05, 3.63) is 69.6 Å². The van der Waals surface area contributed by atoms with Crippen LogP contribution in [0.15, 0.2) is 47.4 Å². The number of carbonyl (C=O) groups excluding carboxylic acids is 1. The normalized spacial score (nSPS) is 17.2. The van der Waals surface area contributed by atoms with Crippen molar-refractivity contribution >= 4 is 5.91 Å². The van der Waals surface area contributed by atoms with Gasteiger partial charge in [-0.1, -0.05) is 24.3 Å². The first-order chi connectivity index (χ1) is 10.6. The predicted octanol–water partition coefficient (Wildman–Crippen LogP) is 1.12. The van der Waals surface area contributed by atoms with E-state index in [1.165, 1.54) is 10.6 Å². The molecule has 1 N–H and O–H groups in total. The zero-order chi connectivity index (χ0) is 15.7. The first kappa shape index (κ1) is 14.5. The molecular weight excluding hydrogens is 280 g/mol. The maximum Gasteiger partial charge on any atom is 0.254 e. The second-order valence-electron chi connectivity index (χ2n) is 5.51. The molecule has 22 heavy (non-hydrogen) atoms. The van der Waals surface area contributed by atoms with E-state index in [9.17, 15) is 14.7 Å². The number of benzene rings is 1. The number of hydrogen-bond donors (Lipinski definition) is 1. The predicted molar refractivity (Wildman–Crippen MR) is 82.7 cm³/mol. The molecule has 114 valence electrons. The van der Waals surface area contributed by atoms with Gasteiger partial charge in [0, 0.05) is 31.4 Å². The lowest BCUT2D eigenvalue weighted by Crippen LogP contribution is -2.42. The molecule has 0 radical (unpaired) electrons. The summed E-state index contributed by atoms with van der Waals surface area (Å²) in [5.41, 5.74) is 2.28. The van der Waals surface area contributed by atoms with Gasteiger partial charge in [-0.05, 0) is 23.6 Å². The molecule has 3 rings (SSSR count). The molecule has 5 nitrogen and oxygen atoms in total. The fourth-order valence-corrected chi connectivity index (χ4v) is 2.94. The molecule has 0 spiro atoms. The van der Waals surface area contributed by atoms with Gasteiger partial charge in [-0.15, -0.1) is 0 Å². The number of rotatable bonds is 2. The van der Waals surface area contributed by atoms with Gasteiger partial charge in [0.15, 0.2) is 0 Å². The Morgan fingerprint density at radius 3 is 2.82 bits per heavy atom. The maximum atomic E-state index is 12.7. The van der Waals surface area contributed by atoms with Crippen molar-refractivity contribution < 1.29 is 9.90 Å². The molecule has 1 aliphatic heterocycles. The largest absolute Gasteiger partial charge is 0.394 e. The van der Waals surface area contributed by atoms with E-state index >= 15 is 0 Å². The summed E-state index contributed by atoms with van der Waals surface area (Å²) in [4.78, 5) is 26.1. The molecule has 0 aliphatic carbocycles. The Morgan fingerprint density at radius 2 is 2.09 bits per heavy atom. The Labute approximate surface area is 128 Å². The highest BCUT2D eigenvalue weighted by Gasteiger charge is 2.30. The number of nitrogens with zero attached hydrogens (tertiary/aromatic N) is 2. The Morgan fingerprint density at radius 1 is 1.32 bits per heavy atom. The highest BCUT2D eigenvalue weighted by Crippen LogP contribution is 2.30. The average molecular weight is 298 g/mol. The van der Waals surface area contributed by atoms with E-state index < -0.39 is 0 Å². The number of pyridine rings is 1. The first-order valence-electron chi connectivity index (χ1n) is 7.28. The summed E-state index contributed by atoms with van der Waals surface area (Å²) in [7, 11) is 1.64. The first-order valence-corrected chi connectivity index (χ1v) is 7.28. The summed E-state index contributed by atoms with van der Waals surface area (Å²) in [6.45, 7) is 0.407. The summed E-state index contributed by atoms with van der Waals surface area (Å²) in [6, 6.07) is 10.5. The van der Waals surface area contributed by atoms with Gasteiger partial charge in [-0.3, -0.25) is 9.59 Å². The Balaban J connectivity index is 1.96. The number of aliphatic hydroxyl groups is 1. The molecule has 0 saturated carbocycles. The van der Waals surface area contributed by atoms with Crippen molar-refractivity contribution in [2.24, 2.45) is 7.05 Å². The third-order valence-electron chi connectivity index (χ3n) is 4.20. The highest BCUT2D eigenvalue weighted by atomic mass is 16.3. The fourth-order valence-electron chi connectivity index (χ4n) is 2.94. The van der Waals surface area contributed by atoms with Crippen LogP contribution in [0.5, 0.6) is 0 Å². The summed E-state index contributed by atoms with van der Waals surface area (Å²) in [5.74, 6) is -0.216. The summed E-state index contributed by atoms with van der Waals surface area (Å²) < 4.78 is 1.42. The van der Waals surface area contributed by atoms with Crippen LogP contribution >= 0.6 is 0 Å². The monoisotopic (exact) mass is 298 g/mol. The minimum atomic E-state index is -0.360. The van der Waals surface area contributed by atoms with Gasteiger partial charge in [0.1, 0.15) is 0 Å². The Hall–Kier alpha value is -2.40. The van der Waals surface area contributed by atoms with Crippen LogP contribution in [0.2, 0.25) is 0 Å². The summed E-state index contributed by atoms with van der Waals surface area (Å²) in [6.07, 6.45) is 2.34. The van der Waals surface area contributed by atoms with Gasteiger partial charge < -0.3 is 14.6 Å². The molecule has 0 unspecified atom stereocenters. The number of hydrogen-bond acceptors (Lipinski definition) is 3. The van der Waals surface area contributed by atoms with Gasteiger partial charge in [0.2, 0.25) is 0 Å². The van der Waals surface area contributed by atoms with Crippen LogP contribution < -0.4 is 5.56 Å². The molecule has 1 aromatic carbocycles. The molecule has 1 atom stereocenters. The molecular formula is C17H18N2O3. The number of fused-ring (bicyclic) bond motifs is 1. The molecule has 2 aromatic rings. The minimum Gasteiger partial charge on any atom is -0.394 e. The van der Waals surface area contributed by atoms with Gasteiger partial charge in [-0.2, -0.15) is 0 Å². The molecule has 1 aliphatic rings. The van der Waals surface area contributed by atoms with E-state index in [1.807, 2.05) is 24.3 Å². The van der Waals surface area contributed by atoms with Gasteiger partial charge >= 0.3 is 0 Å². The topological polar surface area (TPSA) is 62.5 Å². The van der Waals surface area contributed by atoms with E-state index in [0.29, 0.717) is 12.1 Å². The van der Waals surface area contributed by atoms with Crippen LogP contribution in [0.1, 0.15) is 27.5 Å². The van der Waals surface area contributed by atoms with Crippen LogP contribution in [-0.4, -0.2) is 33.6 Å². The third kappa shape index (κ3) is 2.44. The van der Waals surface area contributed by atoms with E-state index in [1.54, 1.807) is 24.2 Å². The summed E-state index contributed by atoms with van der Waals surface area (Å²) in [5, 5.41) is 9.74. The maximum absolute atomic E-state index is 12.7. The smallest absolute Gasteiger partial charge is 0.254 e. The Kier molecular flexibility index (Phi) is 3.81. The number of carbonyl (C=O) groups is 1. The third-order valence-corrected chi connectivity index (χ3v) is 4.20. The lowest BCUT2D eigenvalue weighted by molar-refractivity contribution is 0.0568. The van der Waals surface area contributed by atoms with Crippen LogP contribution in [0.25, 0.3) is 0 Å². The van der Waals surface area contributed by atoms with Crippen molar-refractivity contribution in [1.29, 1.82) is 0 Å². The standard InChI is InChI=1S/C17H18N2O3/c1-18-8-6-13(10-16(18)21)17(22)19-9-7-12-4-2-3-5-14(12)15(19)11-20/h2-6,8,10,15,20H,7,9,11H2,1H3/t15-/m0/s1. The van der Waals surface area contributed by atoms with Crippen molar-refractivity contribution in [3.8, 4) is 0 Å². The number of amides is 1. The van der Waals surface area contributed by atoms with Crippen molar-refractivity contribution in [2.75, 3.05) is 13.2 Å². The number of aromatic nitrogens is 1. The van der Waals surface area contributed by atoms with Gasteiger partial charge in [-0.25, -0.2) is 0 Å². The SMILES string of the molecule is Cn1ccc(C(=O)N2CCc3ccccc3[C@@H]2CO)cc1=O. The average Bonchev–Trinajstić information content (AvgIpc) is 2.55. The lowest BCUT2D eigenvalue weighted by atomic mass is 9.92. The lowest BCUT2D eigenvalue weighted by Gasteiger charge is -2.36. The highest BCUT2D eigenvalue weighted by molar-refractivity contribution is 5.94. The molecule has 5 heteroatoms. The summed E-state index contributed by atoms with van der Waals surface area (Å²) >= 11 is 0. The van der Waals surface area contributed by atoms with Crippen molar-refractivity contribution in [3.63, 3.8) is 0 Å². The second kappa shape index (κ2) is 5.77. The molecule has 1 aromatic heterocycles. The van der Waals surface area contributed by atoms with E-state index in [-0.39, 0.29) is 24.1 Å². The van der Waals surface area contributed by atoms with Crippen LogP contribution in [0.4, 0.5) is 0 Å².